The molecule has 0 fully saturated rings. The zero-order valence-electron chi connectivity index (χ0n) is 12.5. The van der Waals surface area contributed by atoms with Gasteiger partial charge in [0.15, 0.2) is 0 Å². The molecular formula is C16H26N2O. The van der Waals surface area contributed by atoms with Crippen molar-refractivity contribution in [1.82, 2.24) is 5.32 Å². The van der Waals surface area contributed by atoms with Gasteiger partial charge in [-0.1, -0.05) is 38.5 Å². The maximum absolute atomic E-state index is 11.9. The summed E-state index contributed by atoms with van der Waals surface area (Å²) in [6, 6.07) is 7.86. The Hall–Kier alpha value is -1.35. The second-order valence-electron chi connectivity index (χ2n) is 5.11. The molecule has 0 radical (unpaired) electrons. The van der Waals surface area contributed by atoms with Crippen molar-refractivity contribution in [3.05, 3.63) is 29.8 Å². The molecule has 1 aromatic rings. The minimum Gasteiger partial charge on any atom is -0.325 e. The van der Waals surface area contributed by atoms with Gasteiger partial charge >= 0.3 is 0 Å². The Balaban J connectivity index is 2.49. The summed E-state index contributed by atoms with van der Waals surface area (Å²) in [6.07, 6.45) is 3.12. The molecule has 0 heterocycles. The SMILES string of the molecule is CCC(CC)(CC)NCC(=O)Nc1ccc(C)cc1. The fourth-order valence-corrected chi connectivity index (χ4v) is 2.23. The van der Waals surface area contributed by atoms with Gasteiger partial charge in [0.2, 0.25) is 5.91 Å². The molecule has 3 heteroatoms. The molecule has 0 atom stereocenters. The number of carbonyl (C=O) groups excluding carboxylic acids is 1. The third-order valence-electron chi connectivity index (χ3n) is 3.99. The van der Waals surface area contributed by atoms with Gasteiger partial charge in [-0.25, -0.2) is 0 Å². The van der Waals surface area contributed by atoms with Gasteiger partial charge in [0.25, 0.3) is 0 Å². The number of benzene rings is 1. The third-order valence-corrected chi connectivity index (χ3v) is 3.99. The normalized spacial score (nSPS) is 11.4. The monoisotopic (exact) mass is 262 g/mol. The molecular weight excluding hydrogens is 236 g/mol. The average Bonchev–Trinajstić information content (AvgIpc) is 2.44. The molecule has 0 aliphatic heterocycles. The summed E-state index contributed by atoms with van der Waals surface area (Å²) in [5, 5.41) is 6.31. The molecule has 3 nitrogen and oxygen atoms in total. The van der Waals surface area contributed by atoms with Crippen LogP contribution >= 0.6 is 0 Å². The number of rotatable bonds is 7. The fraction of sp³-hybridized carbons (Fsp3) is 0.562. The lowest BCUT2D eigenvalue weighted by atomic mass is 9.90. The van der Waals surface area contributed by atoms with Crippen LogP contribution < -0.4 is 10.6 Å². The molecule has 0 aliphatic carbocycles. The zero-order valence-corrected chi connectivity index (χ0v) is 12.5. The van der Waals surface area contributed by atoms with Crippen molar-refractivity contribution in [2.24, 2.45) is 0 Å². The van der Waals surface area contributed by atoms with Gasteiger partial charge in [0.1, 0.15) is 0 Å². The lowest BCUT2D eigenvalue weighted by Crippen LogP contribution is -2.47. The van der Waals surface area contributed by atoms with Gasteiger partial charge in [-0.05, 0) is 38.3 Å². The minimum absolute atomic E-state index is 0.0172. The van der Waals surface area contributed by atoms with Gasteiger partial charge in [-0.15, -0.1) is 0 Å². The van der Waals surface area contributed by atoms with Crippen LogP contribution in [0, 0.1) is 6.92 Å². The second kappa shape index (κ2) is 7.29. The van der Waals surface area contributed by atoms with E-state index >= 15 is 0 Å². The van der Waals surface area contributed by atoms with Crippen LogP contribution in [0.5, 0.6) is 0 Å². The average molecular weight is 262 g/mol. The Bertz CT molecular complexity index is 385. The van der Waals surface area contributed by atoms with Crippen LogP contribution in [0.3, 0.4) is 0 Å². The van der Waals surface area contributed by atoms with Gasteiger partial charge in [-0.2, -0.15) is 0 Å². The van der Waals surface area contributed by atoms with E-state index in [0.29, 0.717) is 6.54 Å². The van der Waals surface area contributed by atoms with Crippen LogP contribution in [-0.4, -0.2) is 18.0 Å². The molecule has 2 N–H and O–H groups in total. The molecule has 19 heavy (non-hydrogen) atoms. The number of hydrogen-bond donors (Lipinski definition) is 2. The van der Waals surface area contributed by atoms with Gasteiger partial charge in [-0.3, -0.25) is 4.79 Å². The second-order valence-corrected chi connectivity index (χ2v) is 5.11. The van der Waals surface area contributed by atoms with Crippen LogP contribution in [0.25, 0.3) is 0 Å². The van der Waals surface area contributed by atoms with Gasteiger partial charge in [0, 0.05) is 11.2 Å². The summed E-state index contributed by atoms with van der Waals surface area (Å²) < 4.78 is 0. The number of aryl methyl sites for hydroxylation is 1. The van der Waals surface area contributed by atoms with Crippen LogP contribution in [0.1, 0.15) is 45.6 Å². The zero-order chi connectivity index (χ0) is 14.3. The number of nitrogens with one attached hydrogen (secondary N) is 2. The van der Waals surface area contributed by atoms with E-state index in [-0.39, 0.29) is 11.4 Å². The highest BCUT2D eigenvalue weighted by atomic mass is 16.1. The summed E-state index contributed by atoms with van der Waals surface area (Å²) in [7, 11) is 0. The maximum Gasteiger partial charge on any atom is 0.238 e. The van der Waals surface area contributed by atoms with E-state index in [2.05, 4.69) is 31.4 Å². The molecule has 0 saturated heterocycles. The summed E-state index contributed by atoms with van der Waals surface area (Å²) in [6.45, 7) is 8.89. The van der Waals surface area contributed by atoms with Crippen molar-refractivity contribution < 1.29 is 4.79 Å². The minimum atomic E-state index is 0.0172. The van der Waals surface area contributed by atoms with Crippen molar-refractivity contribution in [2.75, 3.05) is 11.9 Å². The maximum atomic E-state index is 11.9. The first-order chi connectivity index (χ1) is 9.05. The van der Waals surface area contributed by atoms with Crippen molar-refractivity contribution in [3.63, 3.8) is 0 Å². The van der Waals surface area contributed by atoms with E-state index in [9.17, 15) is 4.79 Å². The van der Waals surface area contributed by atoms with Crippen LogP contribution in [0.4, 0.5) is 5.69 Å². The number of amides is 1. The van der Waals surface area contributed by atoms with E-state index in [1.165, 1.54) is 5.56 Å². The molecule has 0 saturated carbocycles. The Morgan fingerprint density at radius 2 is 1.58 bits per heavy atom. The van der Waals surface area contributed by atoms with Crippen LogP contribution in [0.2, 0.25) is 0 Å². The van der Waals surface area contributed by atoms with Crippen molar-refractivity contribution in [2.45, 2.75) is 52.5 Å². The fourth-order valence-electron chi connectivity index (χ4n) is 2.23. The lowest BCUT2D eigenvalue weighted by Gasteiger charge is -2.31. The van der Waals surface area contributed by atoms with Crippen LogP contribution in [-0.2, 0) is 4.79 Å². The highest BCUT2D eigenvalue weighted by Crippen LogP contribution is 2.18. The highest BCUT2D eigenvalue weighted by molar-refractivity contribution is 5.92. The van der Waals surface area contributed by atoms with E-state index in [1.807, 2.05) is 31.2 Å². The summed E-state index contributed by atoms with van der Waals surface area (Å²) in [4.78, 5) is 11.9. The molecule has 1 rings (SSSR count). The van der Waals surface area contributed by atoms with Crippen molar-refractivity contribution in [1.29, 1.82) is 0 Å². The van der Waals surface area contributed by atoms with E-state index in [4.69, 9.17) is 0 Å². The van der Waals surface area contributed by atoms with Gasteiger partial charge < -0.3 is 10.6 Å². The molecule has 0 bridgehead atoms. The summed E-state index contributed by atoms with van der Waals surface area (Å²) in [5.41, 5.74) is 2.13. The summed E-state index contributed by atoms with van der Waals surface area (Å²) >= 11 is 0. The van der Waals surface area contributed by atoms with Crippen molar-refractivity contribution >= 4 is 11.6 Å². The first kappa shape index (κ1) is 15.7. The Kier molecular flexibility index (Phi) is 6.03. The van der Waals surface area contributed by atoms with E-state index in [0.717, 1.165) is 24.9 Å². The van der Waals surface area contributed by atoms with Crippen LogP contribution in [0.15, 0.2) is 24.3 Å². The molecule has 0 unspecified atom stereocenters. The third kappa shape index (κ3) is 4.67. The first-order valence-corrected chi connectivity index (χ1v) is 7.16. The first-order valence-electron chi connectivity index (χ1n) is 7.16. The number of hydrogen-bond acceptors (Lipinski definition) is 2. The predicted molar refractivity (Wildman–Crippen MR) is 81.4 cm³/mol. The molecule has 106 valence electrons. The lowest BCUT2D eigenvalue weighted by molar-refractivity contribution is -0.115. The number of anilines is 1. The van der Waals surface area contributed by atoms with E-state index in [1.54, 1.807) is 0 Å². The van der Waals surface area contributed by atoms with E-state index < -0.39 is 0 Å². The number of carbonyl (C=O) groups is 1. The molecule has 0 aliphatic rings. The largest absolute Gasteiger partial charge is 0.325 e. The van der Waals surface area contributed by atoms with Crippen molar-refractivity contribution in [3.8, 4) is 0 Å². The Morgan fingerprint density at radius 1 is 1.05 bits per heavy atom. The molecule has 0 aromatic heterocycles. The molecule has 0 spiro atoms. The highest BCUT2D eigenvalue weighted by Gasteiger charge is 2.23. The van der Waals surface area contributed by atoms with Gasteiger partial charge in [0.05, 0.1) is 6.54 Å². The standard InChI is InChI=1S/C16H26N2O/c1-5-16(6-2,7-3)17-12-15(19)18-14-10-8-13(4)9-11-14/h8-11,17H,5-7,12H2,1-4H3,(H,18,19). The summed E-state index contributed by atoms with van der Waals surface area (Å²) in [5.74, 6) is 0.0172. The molecule has 1 aromatic carbocycles. The molecule has 1 amide bonds. The topological polar surface area (TPSA) is 41.1 Å². The Morgan fingerprint density at radius 3 is 2.05 bits per heavy atom. The Labute approximate surface area is 116 Å². The predicted octanol–water partition coefficient (Wildman–Crippen LogP) is 3.49. The quantitative estimate of drug-likeness (QED) is 0.789. The smallest absolute Gasteiger partial charge is 0.238 e.